The number of amides is 2. The first-order valence-corrected chi connectivity index (χ1v) is 7.95. The highest BCUT2D eigenvalue weighted by Gasteiger charge is 2.34. The van der Waals surface area contributed by atoms with Gasteiger partial charge in [0.15, 0.2) is 0 Å². The highest BCUT2D eigenvalue weighted by atomic mass is 16.5. The molecule has 1 aliphatic rings. The normalized spacial score (nSPS) is 16.8. The van der Waals surface area contributed by atoms with Crippen molar-refractivity contribution >= 4 is 17.5 Å². The number of nitrogens with zero attached hydrogens (tertiary/aromatic N) is 1. The van der Waals surface area contributed by atoms with Crippen LogP contribution in [-0.2, 0) is 16.1 Å². The van der Waals surface area contributed by atoms with E-state index in [1.54, 1.807) is 12.0 Å². The number of aromatic nitrogens is 1. The first kappa shape index (κ1) is 16.8. The molecule has 2 N–H and O–H groups in total. The molecule has 2 aromatic rings. The molecule has 1 saturated heterocycles. The molecule has 1 fully saturated rings. The molecule has 1 atom stereocenters. The Morgan fingerprint density at radius 3 is 2.72 bits per heavy atom. The monoisotopic (exact) mass is 341 g/mol. The van der Waals surface area contributed by atoms with Crippen LogP contribution in [0.15, 0.2) is 47.5 Å². The molecule has 0 bridgehead atoms. The summed E-state index contributed by atoms with van der Waals surface area (Å²) in [5.41, 5.74) is 0.884. The summed E-state index contributed by atoms with van der Waals surface area (Å²) >= 11 is 0. The Balaban J connectivity index is 1.62. The van der Waals surface area contributed by atoms with E-state index < -0.39 is 5.92 Å². The average molecular weight is 341 g/mol. The largest absolute Gasteiger partial charge is 0.497 e. The van der Waals surface area contributed by atoms with Gasteiger partial charge in [0.2, 0.25) is 17.2 Å². The second-order valence-electron chi connectivity index (χ2n) is 5.93. The van der Waals surface area contributed by atoms with Crippen molar-refractivity contribution in [2.75, 3.05) is 19.0 Å². The fourth-order valence-corrected chi connectivity index (χ4v) is 2.80. The summed E-state index contributed by atoms with van der Waals surface area (Å²) in [7, 11) is 1.60. The van der Waals surface area contributed by atoms with Gasteiger partial charge in [-0.2, -0.15) is 0 Å². The van der Waals surface area contributed by atoms with Gasteiger partial charge in [-0.3, -0.25) is 14.4 Å². The lowest BCUT2D eigenvalue weighted by Crippen LogP contribution is -2.29. The Labute approximate surface area is 144 Å². The fraction of sp³-hybridized carbons (Fsp3) is 0.278. The number of carbonyl (C=O) groups is 2. The van der Waals surface area contributed by atoms with E-state index >= 15 is 0 Å². The molecule has 130 valence electrons. The van der Waals surface area contributed by atoms with Crippen LogP contribution in [0, 0.1) is 5.92 Å². The molecule has 3 rings (SSSR count). The summed E-state index contributed by atoms with van der Waals surface area (Å²) in [6, 6.07) is 8.79. The van der Waals surface area contributed by atoms with Crippen LogP contribution >= 0.6 is 0 Å². The molecular formula is C18H19N3O4. The van der Waals surface area contributed by atoms with Crippen LogP contribution in [0.1, 0.15) is 12.0 Å². The van der Waals surface area contributed by atoms with Crippen LogP contribution in [0.5, 0.6) is 5.75 Å². The number of nitrogens with one attached hydrogen (secondary N) is 2. The van der Waals surface area contributed by atoms with Gasteiger partial charge in [-0.15, -0.1) is 0 Å². The predicted octanol–water partition coefficient (Wildman–Crippen LogP) is 1.37. The number of ether oxygens (including phenoxy) is 1. The number of H-pyrrole nitrogens is 1. The van der Waals surface area contributed by atoms with Gasteiger partial charge in [-0.05, 0) is 17.7 Å². The van der Waals surface area contributed by atoms with Crippen LogP contribution in [-0.4, -0.2) is 35.4 Å². The maximum atomic E-state index is 12.3. The molecule has 0 radical (unpaired) electrons. The number of pyridine rings is 1. The Kier molecular flexibility index (Phi) is 4.83. The minimum atomic E-state index is -0.467. The molecule has 0 aliphatic carbocycles. The standard InChI is InChI=1S/C18H19N3O4/c1-25-14-4-2-12(3-5-14)10-21-11-13(8-17(21)23)18(24)20-15-9-19-7-6-16(15)22/h2-7,9,13H,8,10-11H2,1H3,(H,19,22)(H,20,24). The van der Waals surface area contributed by atoms with Crippen LogP contribution in [0.3, 0.4) is 0 Å². The molecule has 1 unspecified atom stereocenters. The van der Waals surface area contributed by atoms with Crippen molar-refractivity contribution < 1.29 is 14.3 Å². The number of aromatic amines is 1. The van der Waals surface area contributed by atoms with E-state index in [0.717, 1.165) is 11.3 Å². The van der Waals surface area contributed by atoms with Crippen molar-refractivity contribution in [2.24, 2.45) is 5.92 Å². The smallest absolute Gasteiger partial charge is 0.229 e. The summed E-state index contributed by atoms with van der Waals surface area (Å²) in [5, 5.41) is 2.59. The first-order chi connectivity index (χ1) is 12.1. The second-order valence-corrected chi connectivity index (χ2v) is 5.93. The van der Waals surface area contributed by atoms with E-state index in [1.807, 2.05) is 24.3 Å². The quantitative estimate of drug-likeness (QED) is 0.859. The van der Waals surface area contributed by atoms with Crippen LogP contribution in [0.4, 0.5) is 5.69 Å². The number of benzene rings is 1. The highest BCUT2D eigenvalue weighted by Crippen LogP contribution is 2.22. The lowest BCUT2D eigenvalue weighted by Gasteiger charge is -2.17. The maximum Gasteiger partial charge on any atom is 0.229 e. The third-order valence-corrected chi connectivity index (χ3v) is 4.20. The maximum absolute atomic E-state index is 12.3. The first-order valence-electron chi connectivity index (χ1n) is 7.95. The molecule has 7 nitrogen and oxygen atoms in total. The van der Waals surface area contributed by atoms with Crippen molar-refractivity contribution in [3.05, 3.63) is 58.5 Å². The predicted molar refractivity (Wildman–Crippen MR) is 92.2 cm³/mol. The van der Waals surface area contributed by atoms with Crippen LogP contribution in [0.2, 0.25) is 0 Å². The van der Waals surface area contributed by atoms with E-state index in [4.69, 9.17) is 4.74 Å². The zero-order valence-corrected chi connectivity index (χ0v) is 13.8. The number of anilines is 1. The van der Waals surface area contributed by atoms with Crippen molar-refractivity contribution in [1.29, 1.82) is 0 Å². The molecule has 2 heterocycles. The van der Waals surface area contributed by atoms with Gasteiger partial charge >= 0.3 is 0 Å². The number of likely N-dealkylation sites (tertiary alicyclic amines) is 1. The van der Waals surface area contributed by atoms with E-state index in [1.165, 1.54) is 18.5 Å². The molecule has 2 amide bonds. The molecule has 7 heteroatoms. The Bertz CT molecular complexity index is 829. The molecule has 0 saturated carbocycles. The van der Waals surface area contributed by atoms with E-state index in [2.05, 4.69) is 10.3 Å². The minimum Gasteiger partial charge on any atom is -0.497 e. The van der Waals surface area contributed by atoms with Crippen molar-refractivity contribution in [2.45, 2.75) is 13.0 Å². The van der Waals surface area contributed by atoms with E-state index in [0.29, 0.717) is 13.1 Å². The molecule has 1 aromatic heterocycles. The summed E-state index contributed by atoms with van der Waals surface area (Å²) < 4.78 is 5.11. The van der Waals surface area contributed by atoms with Gasteiger partial charge in [0.1, 0.15) is 11.4 Å². The summed E-state index contributed by atoms with van der Waals surface area (Å²) in [6.45, 7) is 0.778. The highest BCUT2D eigenvalue weighted by molar-refractivity contribution is 5.97. The van der Waals surface area contributed by atoms with Gasteiger partial charge in [0.25, 0.3) is 0 Å². The number of hydrogen-bond acceptors (Lipinski definition) is 4. The zero-order chi connectivity index (χ0) is 17.8. The number of hydrogen-bond donors (Lipinski definition) is 2. The molecule has 1 aliphatic heterocycles. The van der Waals surface area contributed by atoms with Gasteiger partial charge < -0.3 is 19.9 Å². The Morgan fingerprint density at radius 2 is 2.04 bits per heavy atom. The third kappa shape index (κ3) is 3.88. The van der Waals surface area contributed by atoms with Crippen LogP contribution < -0.4 is 15.5 Å². The molecule has 25 heavy (non-hydrogen) atoms. The number of methoxy groups -OCH3 is 1. The topological polar surface area (TPSA) is 91.5 Å². The van der Waals surface area contributed by atoms with E-state index in [-0.39, 0.29) is 29.4 Å². The molecular weight excluding hydrogens is 322 g/mol. The summed E-state index contributed by atoms with van der Waals surface area (Å²) in [6.07, 6.45) is 3.08. The number of carbonyl (C=O) groups excluding carboxylic acids is 2. The minimum absolute atomic E-state index is 0.0714. The molecule has 1 aromatic carbocycles. The zero-order valence-electron chi connectivity index (χ0n) is 13.8. The van der Waals surface area contributed by atoms with Crippen molar-refractivity contribution in [3.8, 4) is 5.75 Å². The Hall–Kier alpha value is -3.09. The van der Waals surface area contributed by atoms with Gasteiger partial charge in [-0.1, -0.05) is 12.1 Å². The second kappa shape index (κ2) is 7.21. The average Bonchev–Trinajstić information content (AvgIpc) is 2.98. The molecule has 0 spiro atoms. The van der Waals surface area contributed by atoms with Gasteiger partial charge in [0, 0.05) is 38.0 Å². The summed E-state index contributed by atoms with van der Waals surface area (Å²) in [4.78, 5) is 40.6. The lowest BCUT2D eigenvalue weighted by molar-refractivity contribution is -0.128. The third-order valence-electron chi connectivity index (χ3n) is 4.20. The lowest BCUT2D eigenvalue weighted by atomic mass is 10.1. The van der Waals surface area contributed by atoms with Crippen molar-refractivity contribution in [1.82, 2.24) is 9.88 Å². The van der Waals surface area contributed by atoms with Crippen LogP contribution in [0.25, 0.3) is 0 Å². The summed E-state index contributed by atoms with van der Waals surface area (Å²) in [5.74, 6) is -0.104. The SMILES string of the molecule is COc1ccc(CN2CC(C(=O)Nc3c[nH]ccc3=O)CC2=O)cc1. The van der Waals surface area contributed by atoms with Crippen molar-refractivity contribution in [3.63, 3.8) is 0 Å². The van der Waals surface area contributed by atoms with E-state index in [9.17, 15) is 14.4 Å². The Morgan fingerprint density at radius 1 is 1.28 bits per heavy atom. The number of rotatable bonds is 5. The van der Waals surface area contributed by atoms with Gasteiger partial charge in [-0.25, -0.2) is 0 Å². The van der Waals surface area contributed by atoms with Gasteiger partial charge in [0.05, 0.1) is 13.0 Å². The fourth-order valence-electron chi connectivity index (χ4n) is 2.80.